The van der Waals surface area contributed by atoms with Gasteiger partial charge in [-0.2, -0.15) is 0 Å². The Balaban J connectivity index is 1.38. The van der Waals surface area contributed by atoms with E-state index >= 15 is 0 Å². The van der Waals surface area contributed by atoms with Crippen LogP contribution >= 0.6 is 0 Å². The maximum Gasteiger partial charge on any atom is 0.119 e. The summed E-state index contributed by atoms with van der Waals surface area (Å²) in [5.41, 5.74) is 7.15. The van der Waals surface area contributed by atoms with E-state index in [9.17, 15) is 0 Å². The van der Waals surface area contributed by atoms with Crippen molar-refractivity contribution >= 4 is 16.7 Å². The fraction of sp³-hybridized carbons (Fsp3) is 0.500. The normalized spacial score (nSPS) is 22.3. The van der Waals surface area contributed by atoms with Gasteiger partial charge in [0.05, 0.1) is 12.4 Å². The van der Waals surface area contributed by atoms with Gasteiger partial charge < -0.3 is 19.5 Å². The maximum absolute atomic E-state index is 5.67. The molecule has 1 aromatic heterocycles. The molecular formula is C30H38N4O. The first-order valence-electron chi connectivity index (χ1n) is 13.6. The number of benzene rings is 2. The molecular weight excluding hydrogens is 432 g/mol. The van der Waals surface area contributed by atoms with E-state index < -0.39 is 0 Å². The van der Waals surface area contributed by atoms with Crippen LogP contribution in [-0.4, -0.2) is 41.5 Å². The molecule has 1 N–H and O–H groups in total. The molecule has 5 nitrogen and oxygen atoms in total. The number of aliphatic imine (C=N–C) groups is 1. The number of aromatic nitrogens is 1. The van der Waals surface area contributed by atoms with Crippen molar-refractivity contribution in [3.63, 3.8) is 0 Å². The lowest BCUT2D eigenvalue weighted by Gasteiger charge is -2.30. The van der Waals surface area contributed by atoms with Crippen molar-refractivity contribution in [1.82, 2.24) is 14.8 Å². The summed E-state index contributed by atoms with van der Waals surface area (Å²) in [6.45, 7) is 10.2. The van der Waals surface area contributed by atoms with Gasteiger partial charge in [-0.05, 0) is 74.0 Å². The van der Waals surface area contributed by atoms with Crippen molar-refractivity contribution in [3.8, 4) is 5.75 Å². The first-order chi connectivity index (χ1) is 17.2. The summed E-state index contributed by atoms with van der Waals surface area (Å²) in [7, 11) is 0. The molecule has 1 saturated heterocycles. The summed E-state index contributed by atoms with van der Waals surface area (Å²) in [4.78, 5) is 7.37. The molecule has 5 heteroatoms. The van der Waals surface area contributed by atoms with Gasteiger partial charge in [0, 0.05) is 67.2 Å². The number of ether oxygens (including phenoxy) is 1. The number of nitrogens with zero attached hydrogens (tertiary/aromatic N) is 3. The molecule has 2 atom stereocenters. The van der Waals surface area contributed by atoms with Gasteiger partial charge in [-0.15, -0.1) is 0 Å². The lowest BCUT2D eigenvalue weighted by molar-refractivity contribution is 0.325. The van der Waals surface area contributed by atoms with Crippen molar-refractivity contribution in [2.24, 2.45) is 10.9 Å². The standard InChI is InChI=1S/C30H38N4O/c1-3-35-24-9-6-22(7-10-24)19-34-28-11-8-23(27-17-21(2)12-15-31-27)18-25(28)26-20-33(16-13-29(26)34)30-5-4-14-32-30/h6-11,18,21,27,31H,3-5,12-17,19-20H2,1-2H3. The van der Waals surface area contributed by atoms with Gasteiger partial charge in [-0.25, -0.2) is 0 Å². The Morgan fingerprint density at radius 3 is 2.77 bits per heavy atom. The summed E-state index contributed by atoms with van der Waals surface area (Å²) >= 11 is 0. The monoisotopic (exact) mass is 470 g/mol. The Bertz CT molecular complexity index is 1230. The molecule has 0 radical (unpaired) electrons. The zero-order chi connectivity index (χ0) is 23.8. The molecule has 6 rings (SSSR count). The first kappa shape index (κ1) is 22.7. The van der Waals surface area contributed by atoms with E-state index in [1.165, 1.54) is 58.4 Å². The average molecular weight is 471 g/mol. The van der Waals surface area contributed by atoms with Crippen molar-refractivity contribution < 1.29 is 4.74 Å². The van der Waals surface area contributed by atoms with Gasteiger partial charge in [0.1, 0.15) is 5.75 Å². The van der Waals surface area contributed by atoms with Crippen LogP contribution in [0.2, 0.25) is 0 Å². The Kier molecular flexibility index (Phi) is 6.28. The molecule has 1 fully saturated rings. The molecule has 4 heterocycles. The van der Waals surface area contributed by atoms with Gasteiger partial charge in [-0.1, -0.05) is 25.1 Å². The lowest BCUT2D eigenvalue weighted by atomic mass is 9.89. The zero-order valence-corrected chi connectivity index (χ0v) is 21.2. The van der Waals surface area contributed by atoms with Crippen molar-refractivity contribution in [3.05, 3.63) is 64.8 Å². The first-order valence-corrected chi connectivity index (χ1v) is 13.6. The average Bonchev–Trinajstić information content (AvgIpc) is 3.52. The molecule has 0 amide bonds. The van der Waals surface area contributed by atoms with Crippen LogP contribution in [0.25, 0.3) is 10.9 Å². The summed E-state index contributed by atoms with van der Waals surface area (Å²) < 4.78 is 8.24. The molecule has 2 aromatic carbocycles. The highest BCUT2D eigenvalue weighted by atomic mass is 16.5. The van der Waals surface area contributed by atoms with E-state index in [1.54, 1.807) is 0 Å². The number of hydrogen-bond donors (Lipinski definition) is 1. The van der Waals surface area contributed by atoms with Crippen LogP contribution in [-0.2, 0) is 19.5 Å². The topological polar surface area (TPSA) is 41.8 Å². The van der Waals surface area contributed by atoms with Gasteiger partial charge in [0.25, 0.3) is 0 Å². The SMILES string of the molecule is CCOc1ccc(Cn2c3c(c4cc(C5CC(C)CCN5)ccc42)CN(C2=NCCC2)CC3)cc1. The fourth-order valence-electron chi connectivity index (χ4n) is 6.27. The minimum absolute atomic E-state index is 0.465. The number of rotatable bonds is 5. The fourth-order valence-corrected chi connectivity index (χ4v) is 6.27. The molecule has 0 aliphatic carbocycles. The molecule has 0 bridgehead atoms. The number of piperidine rings is 1. The third-order valence-corrected chi connectivity index (χ3v) is 8.14. The molecule has 3 aromatic rings. The number of fused-ring (bicyclic) bond motifs is 3. The van der Waals surface area contributed by atoms with Crippen molar-refractivity contribution in [1.29, 1.82) is 0 Å². The van der Waals surface area contributed by atoms with Crippen LogP contribution in [0.1, 0.15) is 68.0 Å². The molecule has 0 saturated carbocycles. The Morgan fingerprint density at radius 1 is 1.11 bits per heavy atom. The highest BCUT2D eigenvalue weighted by Crippen LogP contribution is 2.36. The second-order valence-electron chi connectivity index (χ2n) is 10.6. The maximum atomic E-state index is 5.67. The number of amidine groups is 1. The second-order valence-corrected chi connectivity index (χ2v) is 10.6. The second kappa shape index (κ2) is 9.69. The van der Waals surface area contributed by atoms with E-state index in [4.69, 9.17) is 9.73 Å². The van der Waals surface area contributed by atoms with Crippen molar-refractivity contribution in [2.45, 2.75) is 65.1 Å². The quantitative estimate of drug-likeness (QED) is 0.520. The van der Waals surface area contributed by atoms with Crippen LogP contribution in [0, 0.1) is 5.92 Å². The third-order valence-electron chi connectivity index (χ3n) is 8.14. The Hall–Kier alpha value is -2.79. The van der Waals surface area contributed by atoms with Gasteiger partial charge in [-0.3, -0.25) is 4.99 Å². The van der Waals surface area contributed by atoms with E-state index in [1.807, 2.05) is 6.92 Å². The Morgan fingerprint density at radius 2 is 2.00 bits per heavy atom. The molecule has 35 heavy (non-hydrogen) atoms. The van der Waals surface area contributed by atoms with Crippen LogP contribution in [0.5, 0.6) is 5.75 Å². The third kappa shape index (κ3) is 4.47. The van der Waals surface area contributed by atoms with Gasteiger partial charge in [0.2, 0.25) is 0 Å². The predicted molar refractivity (Wildman–Crippen MR) is 143 cm³/mol. The van der Waals surface area contributed by atoms with E-state index in [0.717, 1.165) is 57.2 Å². The molecule has 184 valence electrons. The van der Waals surface area contributed by atoms with Crippen LogP contribution in [0.4, 0.5) is 0 Å². The van der Waals surface area contributed by atoms with E-state index in [0.29, 0.717) is 12.6 Å². The largest absolute Gasteiger partial charge is 0.494 e. The lowest BCUT2D eigenvalue weighted by Crippen LogP contribution is -2.35. The molecule has 3 aliphatic heterocycles. The zero-order valence-electron chi connectivity index (χ0n) is 21.2. The van der Waals surface area contributed by atoms with Crippen LogP contribution in [0.15, 0.2) is 47.5 Å². The number of hydrogen-bond acceptors (Lipinski definition) is 4. The van der Waals surface area contributed by atoms with Crippen molar-refractivity contribution in [2.75, 3.05) is 26.2 Å². The van der Waals surface area contributed by atoms with E-state index in [-0.39, 0.29) is 0 Å². The minimum atomic E-state index is 0.465. The summed E-state index contributed by atoms with van der Waals surface area (Å²) in [6, 6.07) is 16.4. The summed E-state index contributed by atoms with van der Waals surface area (Å²) in [6.07, 6.45) is 5.92. The minimum Gasteiger partial charge on any atom is -0.494 e. The van der Waals surface area contributed by atoms with E-state index in [2.05, 4.69) is 64.2 Å². The molecule has 3 aliphatic rings. The van der Waals surface area contributed by atoms with Crippen LogP contribution in [0.3, 0.4) is 0 Å². The smallest absolute Gasteiger partial charge is 0.119 e. The summed E-state index contributed by atoms with van der Waals surface area (Å²) in [5.74, 6) is 3.05. The molecule has 0 spiro atoms. The highest BCUT2D eigenvalue weighted by molar-refractivity contribution is 5.89. The molecule has 2 unspecified atom stereocenters. The van der Waals surface area contributed by atoms with Gasteiger partial charge in [0.15, 0.2) is 0 Å². The number of nitrogens with one attached hydrogen (secondary N) is 1. The summed E-state index contributed by atoms with van der Waals surface area (Å²) in [5, 5.41) is 5.21. The van der Waals surface area contributed by atoms with Gasteiger partial charge >= 0.3 is 0 Å². The Labute approximate surface area is 209 Å². The van der Waals surface area contributed by atoms with Crippen LogP contribution < -0.4 is 10.1 Å². The predicted octanol–water partition coefficient (Wildman–Crippen LogP) is 5.70. The highest BCUT2D eigenvalue weighted by Gasteiger charge is 2.28.